The molecule has 0 spiro atoms. The van der Waals surface area contributed by atoms with Gasteiger partial charge in [0, 0.05) is 28.3 Å². The summed E-state index contributed by atoms with van der Waals surface area (Å²) < 4.78 is 0. The quantitative estimate of drug-likeness (QED) is 0.517. The summed E-state index contributed by atoms with van der Waals surface area (Å²) in [6, 6.07) is 14.7. The van der Waals surface area contributed by atoms with Crippen LogP contribution >= 0.6 is 11.6 Å². The standard InChI is InChI=1S/C24H25ClN4O2/c25-16-10-11-20-19(14-16)22(12-13-26-20)29-21-9-5-4-8-18(21)24(31)27-15-23(30)28-17-6-2-1-3-7-17/h4-5,8-14,17H,1-3,6-7,15H2,(H,26,29)(H,27,31)(H,28,30). The first-order valence-electron chi connectivity index (χ1n) is 10.6. The van der Waals surface area contributed by atoms with Gasteiger partial charge in [-0.1, -0.05) is 43.0 Å². The number of hydrogen-bond donors (Lipinski definition) is 3. The number of hydrogen-bond acceptors (Lipinski definition) is 4. The summed E-state index contributed by atoms with van der Waals surface area (Å²) in [5.74, 6) is -0.459. The van der Waals surface area contributed by atoms with E-state index >= 15 is 0 Å². The molecule has 160 valence electrons. The predicted molar refractivity (Wildman–Crippen MR) is 124 cm³/mol. The van der Waals surface area contributed by atoms with Crippen molar-refractivity contribution in [2.45, 2.75) is 38.1 Å². The van der Waals surface area contributed by atoms with Crippen LogP contribution in [0.4, 0.5) is 11.4 Å². The van der Waals surface area contributed by atoms with Gasteiger partial charge in [-0.05, 0) is 49.2 Å². The van der Waals surface area contributed by atoms with E-state index in [0.29, 0.717) is 16.3 Å². The number of para-hydroxylation sites is 1. The number of fused-ring (bicyclic) bond motifs is 1. The normalized spacial score (nSPS) is 14.2. The Labute approximate surface area is 186 Å². The molecule has 1 aromatic heterocycles. The summed E-state index contributed by atoms with van der Waals surface area (Å²) in [5.41, 5.74) is 2.69. The van der Waals surface area contributed by atoms with E-state index in [4.69, 9.17) is 11.6 Å². The first-order chi connectivity index (χ1) is 15.1. The minimum atomic E-state index is -0.307. The third-order valence-corrected chi connectivity index (χ3v) is 5.76. The van der Waals surface area contributed by atoms with Gasteiger partial charge in [-0.25, -0.2) is 0 Å². The predicted octanol–water partition coefficient (Wildman–Crippen LogP) is 4.81. The van der Waals surface area contributed by atoms with E-state index in [1.165, 1.54) is 6.42 Å². The van der Waals surface area contributed by atoms with Gasteiger partial charge in [-0.2, -0.15) is 0 Å². The summed E-state index contributed by atoms with van der Waals surface area (Å²) in [4.78, 5) is 29.4. The summed E-state index contributed by atoms with van der Waals surface area (Å²) in [7, 11) is 0. The number of carbonyl (C=O) groups is 2. The maximum atomic E-state index is 12.8. The smallest absolute Gasteiger partial charge is 0.253 e. The topological polar surface area (TPSA) is 83.1 Å². The van der Waals surface area contributed by atoms with Crippen molar-refractivity contribution in [1.82, 2.24) is 15.6 Å². The molecule has 2 amide bonds. The van der Waals surface area contributed by atoms with Crippen LogP contribution in [0.15, 0.2) is 54.7 Å². The fourth-order valence-electron chi connectivity index (χ4n) is 3.94. The van der Waals surface area contributed by atoms with E-state index in [1.54, 1.807) is 24.4 Å². The largest absolute Gasteiger partial charge is 0.354 e. The van der Waals surface area contributed by atoms with E-state index in [9.17, 15) is 9.59 Å². The van der Waals surface area contributed by atoms with Gasteiger partial charge in [0.25, 0.3) is 5.91 Å². The minimum Gasteiger partial charge on any atom is -0.354 e. The Bertz CT molecular complexity index is 1100. The Kier molecular flexibility index (Phi) is 6.67. The summed E-state index contributed by atoms with van der Waals surface area (Å²) in [6.45, 7) is -0.0442. The molecule has 1 heterocycles. The van der Waals surface area contributed by atoms with Crippen LogP contribution in [0.3, 0.4) is 0 Å². The fraction of sp³-hybridized carbons (Fsp3) is 0.292. The molecule has 1 aliphatic rings. The number of benzene rings is 2. The average Bonchev–Trinajstić information content (AvgIpc) is 2.79. The Morgan fingerprint density at radius 3 is 2.65 bits per heavy atom. The number of pyridine rings is 1. The van der Waals surface area contributed by atoms with Crippen LogP contribution in [-0.4, -0.2) is 29.4 Å². The molecule has 1 fully saturated rings. The lowest BCUT2D eigenvalue weighted by molar-refractivity contribution is -0.121. The second kappa shape index (κ2) is 9.79. The number of halogens is 1. The molecule has 0 atom stereocenters. The first-order valence-corrected chi connectivity index (χ1v) is 11.0. The molecule has 6 nitrogen and oxygen atoms in total. The van der Waals surface area contributed by atoms with Gasteiger partial charge in [0.05, 0.1) is 23.3 Å². The zero-order valence-electron chi connectivity index (χ0n) is 17.2. The minimum absolute atomic E-state index is 0.0442. The lowest BCUT2D eigenvalue weighted by Gasteiger charge is -2.22. The van der Waals surface area contributed by atoms with Crippen molar-refractivity contribution in [2.24, 2.45) is 0 Å². The highest BCUT2D eigenvalue weighted by Gasteiger charge is 2.17. The highest BCUT2D eigenvalue weighted by atomic mass is 35.5. The molecule has 0 unspecified atom stereocenters. The zero-order chi connectivity index (χ0) is 21.6. The van der Waals surface area contributed by atoms with Crippen molar-refractivity contribution in [3.63, 3.8) is 0 Å². The molecule has 0 radical (unpaired) electrons. The molecular formula is C24H25ClN4O2. The van der Waals surface area contributed by atoms with Crippen molar-refractivity contribution in [3.8, 4) is 0 Å². The van der Waals surface area contributed by atoms with Gasteiger partial charge in [0.15, 0.2) is 0 Å². The van der Waals surface area contributed by atoms with Gasteiger partial charge in [-0.3, -0.25) is 14.6 Å². The van der Waals surface area contributed by atoms with Crippen molar-refractivity contribution in [2.75, 3.05) is 11.9 Å². The molecule has 0 aliphatic heterocycles. The summed E-state index contributed by atoms with van der Waals surface area (Å²) in [5, 5.41) is 10.5. The van der Waals surface area contributed by atoms with E-state index in [1.807, 2.05) is 30.3 Å². The average molecular weight is 437 g/mol. The molecule has 3 aromatic rings. The van der Waals surface area contributed by atoms with Crippen molar-refractivity contribution >= 4 is 45.7 Å². The first kappa shape index (κ1) is 21.1. The molecule has 2 aromatic carbocycles. The Morgan fingerprint density at radius 1 is 1.00 bits per heavy atom. The number of carbonyl (C=O) groups excluding carboxylic acids is 2. The maximum absolute atomic E-state index is 12.8. The van der Waals surface area contributed by atoms with Crippen molar-refractivity contribution < 1.29 is 9.59 Å². The second-order valence-corrected chi connectivity index (χ2v) is 8.21. The number of nitrogens with one attached hydrogen (secondary N) is 3. The number of nitrogens with zero attached hydrogens (tertiary/aromatic N) is 1. The van der Waals surface area contributed by atoms with E-state index in [0.717, 1.165) is 42.3 Å². The van der Waals surface area contributed by atoms with Crippen LogP contribution in [0.5, 0.6) is 0 Å². The third kappa shape index (κ3) is 5.33. The fourth-order valence-corrected chi connectivity index (χ4v) is 4.12. The van der Waals surface area contributed by atoms with Crippen molar-refractivity contribution in [3.05, 3.63) is 65.3 Å². The van der Waals surface area contributed by atoms with Gasteiger partial charge >= 0.3 is 0 Å². The molecule has 4 rings (SSSR count). The SMILES string of the molecule is O=C(CNC(=O)c1ccccc1Nc1ccnc2ccc(Cl)cc12)NC1CCCCC1. The van der Waals surface area contributed by atoms with Crippen LogP contribution in [0, 0.1) is 0 Å². The van der Waals surface area contributed by atoms with Crippen LogP contribution in [0.2, 0.25) is 5.02 Å². The lowest BCUT2D eigenvalue weighted by Crippen LogP contribution is -2.42. The maximum Gasteiger partial charge on any atom is 0.253 e. The van der Waals surface area contributed by atoms with Gasteiger partial charge in [0.1, 0.15) is 0 Å². The van der Waals surface area contributed by atoms with E-state index in [2.05, 4.69) is 20.9 Å². The van der Waals surface area contributed by atoms with Crippen LogP contribution in [0.1, 0.15) is 42.5 Å². The van der Waals surface area contributed by atoms with Crippen LogP contribution < -0.4 is 16.0 Å². The summed E-state index contributed by atoms with van der Waals surface area (Å²) >= 11 is 6.16. The number of aromatic nitrogens is 1. The molecule has 31 heavy (non-hydrogen) atoms. The highest BCUT2D eigenvalue weighted by Crippen LogP contribution is 2.29. The third-order valence-electron chi connectivity index (χ3n) is 5.52. The monoisotopic (exact) mass is 436 g/mol. The number of rotatable bonds is 6. The lowest BCUT2D eigenvalue weighted by atomic mass is 9.95. The zero-order valence-corrected chi connectivity index (χ0v) is 17.9. The van der Waals surface area contributed by atoms with Crippen LogP contribution in [0.25, 0.3) is 10.9 Å². The van der Waals surface area contributed by atoms with Gasteiger partial charge in [-0.15, -0.1) is 0 Å². The van der Waals surface area contributed by atoms with E-state index < -0.39 is 0 Å². The van der Waals surface area contributed by atoms with Crippen molar-refractivity contribution in [1.29, 1.82) is 0 Å². The highest BCUT2D eigenvalue weighted by molar-refractivity contribution is 6.31. The van der Waals surface area contributed by atoms with Gasteiger partial charge in [0.2, 0.25) is 5.91 Å². The summed E-state index contributed by atoms with van der Waals surface area (Å²) in [6.07, 6.45) is 7.24. The van der Waals surface area contributed by atoms with Gasteiger partial charge < -0.3 is 16.0 Å². The second-order valence-electron chi connectivity index (χ2n) is 7.78. The number of anilines is 2. The molecule has 0 saturated heterocycles. The molecular weight excluding hydrogens is 412 g/mol. The Morgan fingerprint density at radius 2 is 1.81 bits per heavy atom. The van der Waals surface area contributed by atoms with E-state index in [-0.39, 0.29) is 24.4 Å². The number of amides is 2. The molecule has 3 N–H and O–H groups in total. The molecule has 7 heteroatoms. The molecule has 1 aliphatic carbocycles. The van der Waals surface area contributed by atoms with Crippen LogP contribution in [-0.2, 0) is 4.79 Å². The molecule has 0 bridgehead atoms. The Balaban J connectivity index is 1.45. The molecule has 1 saturated carbocycles. The Hall–Kier alpha value is -3.12.